The highest BCUT2D eigenvalue weighted by Crippen LogP contribution is 2.47. The summed E-state index contributed by atoms with van der Waals surface area (Å²) in [6.07, 6.45) is 1.51. The van der Waals surface area contributed by atoms with E-state index in [2.05, 4.69) is 20.9 Å². The van der Waals surface area contributed by atoms with Crippen molar-refractivity contribution in [2.45, 2.75) is 19.2 Å². The van der Waals surface area contributed by atoms with Crippen LogP contribution in [0.3, 0.4) is 0 Å². The summed E-state index contributed by atoms with van der Waals surface area (Å²) in [6, 6.07) is 15.7. The summed E-state index contributed by atoms with van der Waals surface area (Å²) in [5.74, 6) is -1.15. The Bertz CT molecular complexity index is 1210. The van der Waals surface area contributed by atoms with Crippen molar-refractivity contribution in [3.8, 4) is 0 Å². The third-order valence-electron chi connectivity index (χ3n) is 5.31. The van der Waals surface area contributed by atoms with Crippen molar-refractivity contribution in [1.29, 1.82) is 0 Å². The monoisotopic (exact) mass is 536 g/mol. The van der Waals surface area contributed by atoms with Crippen molar-refractivity contribution >= 4 is 45.0 Å². The molecule has 0 saturated carbocycles. The van der Waals surface area contributed by atoms with Gasteiger partial charge in [-0.1, -0.05) is 64.3 Å². The van der Waals surface area contributed by atoms with Crippen molar-refractivity contribution in [1.82, 2.24) is 9.88 Å². The van der Waals surface area contributed by atoms with E-state index >= 15 is 0 Å². The molecule has 8 heteroatoms. The Morgan fingerprint density at radius 3 is 2.56 bits per heavy atom. The van der Waals surface area contributed by atoms with Crippen molar-refractivity contribution in [2.24, 2.45) is 5.92 Å². The fourth-order valence-electron chi connectivity index (χ4n) is 3.78. The second kappa shape index (κ2) is 9.49. The summed E-state index contributed by atoms with van der Waals surface area (Å²) in [5.41, 5.74) is 0.863. The number of benzene rings is 2. The molecule has 0 spiro atoms. The van der Waals surface area contributed by atoms with E-state index in [1.165, 1.54) is 6.20 Å². The summed E-state index contributed by atoms with van der Waals surface area (Å²) in [5, 5.41) is 10.9. The molecule has 0 bridgehead atoms. The van der Waals surface area contributed by atoms with Gasteiger partial charge < -0.3 is 9.84 Å². The molecule has 166 valence electrons. The fraction of sp³-hybridized carbons (Fsp3) is 0.250. The minimum absolute atomic E-state index is 0.103. The van der Waals surface area contributed by atoms with Crippen LogP contribution in [0.5, 0.6) is 0 Å². The molecule has 2 heterocycles. The average Bonchev–Trinajstić information content (AvgIpc) is 3.01. The van der Waals surface area contributed by atoms with Gasteiger partial charge in [0.2, 0.25) is 0 Å². The van der Waals surface area contributed by atoms with Crippen LogP contribution in [0.2, 0.25) is 10.0 Å². The molecular weight excluding hydrogens is 515 g/mol. The van der Waals surface area contributed by atoms with Crippen LogP contribution in [0.25, 0.3) is 0 Å². The number of hydrogen-bond acceptors (Lipinski definition) is 4. The van der Waals surface area contributed by atoms with Crippen molar-refractivity contribution < 1.29 is 17.4 Å². The van der Waals surface area contributed by atoms with Crippen LogP contribution in [0.1, 0.15) is 36.8 Å². The van der Waals surface area contributed by atoms with Crippen LogP contribution >= 0.6 is 39.1 Å². The van der Waals surface area contributed by atoms with Crippen LogP contribution < -0.4 is 0 Å². The van der Waals surface area contributed by atoms with Gasteiger partial charge in [0.05, 0.1) is 26.6 Å². The molecule has 1 unspecified atom stereocenters. The number of carbonyl (C=O) groups is 1. The van der Waals surface area contributed by atoms with Crippen LogP contribution in [-0.4, -0.2) is 34.1 Å². The molecule has 1 aromatic heterocycles. The van der Waals surface area contributed by atoms with Gasteiger partial charge >= 0.3 is 0 Å². The number of aliphatic hydroxyl groups is 1. The zero-order valence-electron chi connectivity index (χ0n) is 19.1. The van der Waals surface area contributed by atoms with E-state index in [-0.39, 0.29) is 19.1 Å². The van der Waals surface area contributed by atoms with E-state index in [9.17, 15) is 9.90 Å². The number of nitrogens with zero attached hydrogens (tertiary/aromatic N) is 2. The molecule has 1 aliphatic heterocycles. The molecule has 2 atom stereocenters. The number of fused-ring (bicyclic) bond motifs is 1. The first-order valence-electron chi connectivity index (χ1n) is 10.9. The maximum absolute atomic E-state index is 13.7. The molecular formula is C24H21BrCl2N2O3. The molecule has 5 nitrogen and oxygen atoms in total. The van der Waals surface area contributed by atoms with E-state index in [0.29, 0.717) is 32.4 Å². The maximum atomic E-state index is 13.7. The number of halogens is 3. The second-order valence-corrected chi connectivity index (χ2v) is 9.33. The smallest absolute Gasteiger partial charge is 0.257 e. The molecule has 1 amide bonds. The van der Waals surface area contributed by atoms with Gasteiger partial charge in [0.15, 0.2) is 5.72 Å². The lowest BCUT2D eigenvalue weighted by molar-refractivity contribution is -0.123. The summed E-state index contributed by atoms with van der Waals surface area (Å²) in [6.45, 7) is -0.986. The van der Waals surface area contributed by atoms with E-state index < -0.39 is 18.2 Å². The first kappa shape index (κ1) is 20.6. The van der Waals surface area contributed by atoms with Crippen molar-refractivity contribution in [3.63, 3.8) is 0 Å². The number of rotatable bonds is 7. The van der Waals surface area contributed by atoms with Crippen LogP contribution in [-0.2, 0) is 17.0 Å². The van der Waals surface area contributed by atoms with Crippen molar-refractivity contribution in [3.05, 3.63) is 97.7 Å². The molecule has 0 aliphatic carbocycles. The number of hydrogen-bond donors (Lipinski definition) is 1. The summed E-state index contributed by atoms with van der Waals surface area (Å²) in [7, 11) is 0. The quantitative estimate of drug-likeness (QED) is 0.423. The molecule has 3 aromatic rings. The highest BCUT2D eigenvalue weighted by molar-refractivity contribution is 9.10. The highest BCUT2D eigenvalue weighted by Gasteiger charge is 2.52. The van der Waals surface area contributed by atoms with Crippen molar-refractivity contribution in [2.75, 3.05) is 13.2 Å². The van der Waals surface area contributed by atoms with Gasteiger partial charge in [0, 0.05) is 44.9 Å². The number of amides is 1. The Balaban J connectivity index is 1.90. The van der Waals surface area contributed by atoms with E-state index in [1.54, 1.807) is 60.4 Å². The highest BCUT2D eigenvalue weighted by atomic mass is 79.9. The van der Waals surface area contributed by atoms with Gasteiger partial charge in [-0.3, -0.25) is 14.7 Å². The average molecular weight is 538 g/mol. The topological polar surface area (TPSA) is 62.7 Å². The molecule has 32 heavy (non-hydrogen) atoms. The van der Waals surface area contributed by atoms with Crippen LogP contribution in [0.15, 0.2) is 65.3 Å². The summed E-state index contributed by atoms with van der Waals surface area (Å²) >= 11 is 15.6. The Labute approximate surface area is 207 Å². The lowest BCUT2D eigenvalue weighted by Crippen LogP contribution is -2.47. The fourth-order valence-corrected chi connectivity index (χ4v) is 4.38. The largest absolute Gasteiger partial charge is 0.396 e. The Hall–Kier alpha value is -1.96. The molecule has 1 N–H and O–H groups in total. The Morgan fingerprint density at radius 2 is 1.91 bits per heavy atom. The van der Waals surface area contributed by atoms with Gasteiger partial charge in [-0.25, -0.2) is 0 Å². The van der Waals surface area contributed by atoms with Gasteiger partial charge in [0.1, 0.15) is 0 Å². The minimum atomic E-state index is -2.46. The first-order chi connectivity index (χ1) is 16.0. The predicted molar refractivity (Wildman–Crippen MR) is 128 cm³/mol. The third-order valence-corrected chi connectivity index (χ3v) is 6.28. The zero-order valence-corrected chi connectivity index (χ0v) is 20.2. The molecule has 4 rings (SSSR count). The predicted octanol–water partition coefficient (Wildman–Crippen LogP) is 5.65. The second-order valence-electron chi connectivity index (χ2n) is 7.54. The van der Waals surface area contributed by atoms with E-state index in [1.807, 2.05) is 6.07 Å². The number of carbonyl (C=O) groups excluding carboxylic acids is 1. The molecule has 0 fully saturated rings. The van der Waals surface area contributed by atoms with E-state index in [4.69, 9.17) is 30.7 Å². The lowest BCUT2D eigenvalue weighted by Gasteiger charge is -2.40. The van der Waals surface area contributed by atoms with Crippen LogP contribution in [0, 0.1) is 5.92 Å². The minimum Gasteiger partial charge on any atom is -0.396 e. The molecule has 2 aromatic carbocycles. The normalized spacial score (nSPS) is 20.0. The molecule has 0 radical (unpaired) electrons. The summed E-state index contributed by atoms with van der Waals surface area (Å²) in [4.78, 5) is 19.7. The number of ether oxygens (including phenoxy) is 1. The number of aromatic nitrogens is 1. The zero-order chi connectivity index (χ0) is 24.7. The Kier molecular flexibility index (Phi) is 6.12. The van der Waals surface area contributed by atoms with Gasteiger partial charge in [-0.05, 0) is 36.4 Å². The van der Waals surface area contributed by atoms with Crippen LogP contribution in [0.4, 0.5) is 0 Å². The SMILES string of the molecule is [2H]C([2H])(O)[C@@H](C)COC1(c2ccc(Cl)cc2)c2ccc(Br)cc2C(=O)N1Cc1ccc(Cl)cn1. The Morgan fingerprint density at radius 1 is 1.19 bits per heavy atom. The first-order valence-corrected chi connectivity index (χ1v) is 11.4. The molecule has 0 saturated heterocycles. The standard InChI is InChI=1S/C24H21BrCl2N2O3/c1-15(13-30)14-32-24(16-2-5-18(26)6-3-16)22-9-4-17(25)10-21(22)23(31)29(24)12-20-8-7-19(27)11-28-20/h2-11,15,30H,12-14H2,1H3/t15-,24?/m1/s1/i13D2. The van der Waals surface area contributed by atoms with E-state index in [0.717, 1.165) is 4.47 Å². The molecule has 1 aliphatic rings. The number of pyridine rings is 1. The summed E-state index contributed by atoms with van der Waals surface area (Å²) < 4.78 is 22.5. The third kappa shape index (κ3) is 4.30. The van der Waals surface area contributed by atoms with Gasteiger partial charge in [-0.15, -0.1) is 0 Å². The van der Waals surface area contributed by atoms with Gasteiger partial charge in [-0.2, -0.15) is 0 Å². The lowest BCUT2D eigenvalue weighted by atomic mass is 9.93. The van der Waals surface area contributed by atoms with Gasteiger partial charge in [0.25, 0.3) is 5.91 Å². The maximum Gasteiger partial charge on any atom is 0.257 e.